The highest BCUT2D eigenvalue weighted by atomic mass is 15.0. The molecule has 1 aromatic carbocycles. The van der Waals surface area contributed by atoms with E-state index in [0.29, 0.717) is 12.0 Å². The van der Waals surface area contributed by atoms with Crippen molar-refractivity contribution in [3.05, 3.63) is 29.8 Å². The van der Waals surface area contributed by atoms with Crippen LogP contribution >= 0.6 is 0 Å². The minimum atomic E-state index is 0.679. The fourth-order valence-electron chi connectivity index (χ4n) is 2.51. The average Bonchev–Trinajstić information content (AvgIpc) is 2.56. The van der Waals surface area contributed by atoms with Gasteiger partial charge in [-0.2, -0.15) is 0 Å². The first-order valence-electron chi connectivity index (χ1n) is 5.01. The molecule has 2 aliphatic heterocycles. The average molecular weight is 174 g/mol. The highest BCUT2D eigenvalue weighted by Crippen LogP contribution is 2.37. The molecule has 13 heavy (non-hydrogen) atoms. The van der Waals surface area contributed by atoms with Crippen LogP contribution in [0.25, 0.3) is 0 Å². The van der Waals surface area contributed by atoms with E-state index in [1.165, 1.54) is 17.7 Å². The van der Waals surface area contributed by atoms with Gasteiger partial charge in [0.15, 0.2) is 0 Å². The van der Waals surface area contributed by atoms with Crippen LogP contribution in [-0.2, 0) is 0 Å². The smallest absolute Gasteiger partial charge is 0.0379 e. The van der Waals surface area contributed by atoms with Crippen molar-refractivity contribution in [1.29, 1.82) is 0 Å². The maximum Gasteiger partial charge on any atom is 0.0379 e. The summed E-state index contributed by atoms with van der Waals surface area (Å²) in [5.74, 6) is 0.699. The molecule has 0 spiro atoms. The molecule has 2 atom stereocenters. The molecule has 0 amide bonds. The molecule has 1 fully saturated rings. The minimum Gasteiger partial charge on any atom is -0.381 e. The van der Waals surface area contributed by atoms with Crippen LogP contribution in [0.5, 0.6) is 0 Å². The van der Waals surface area contributed by atoms with Crippen molar-refractivity contribution in [2.45, 2.75) is 18.4 Å². The largest absolute Gasteiger partial charge is 0.381 e. The second kappa shape index (κ2) is 2.74. The molecule has 0 aliphatic carbocycles. The summed E-state index contributed by atoms with van der Waals surface area (Å²) in [5.41, 5.74) is 2.85. The third-order valence-electron chi connectivity index (χ3n) is 3.18. The van der Waals surface area contributed by atoms with Gasteiger partial charge < -0.3 is 10.6 Å². The topological polar surface area (TPSA) is 24.1 Å². The monoisotopic (exact) mass is 174 g/mol. The number of para-hydroxylation sites is 1. The molecule has 68 valence electrons. The van der Waals surface area contributed by atoms with Crippen molar-refractivity contribution in [2.24, 2.45) is 0 Å². The molecule has 0 aromatic heterocycles. The third-order valence-corrected chi connectivity index (χ3v) is 3.18. The highest BCUT2D eigenvalue weighted by molar-refractivity contribution is 5.59. The van der Waals surface area contributed by atoms with Gasteiger partial charge in [-0.25, -0.2) is 0 Å². The summed E-state index contributed by atoms with van der Waals surface area (Å²) in [6, 6.07) is 9.36. The Labute approximate surface area is 78.3 Å². The van der Waals surface area contributed by atoms with Crippen molar-refractivity contribution >= 4 is 5.69 Å². The van der Waals surface area contributed by atoms with E-state index in [1.807, 2.05) is 0 Å². The molecule has 2 unspecified atom stereocenters. The van der Waals surface area contributed by atoms with Crippen molar-refractivity contribution in [1.82, 2.24) is 5.32 Å². The lowest BCUT2D eigenvalue weighted by molar-refractivity contribution is 0.440. The molecule has 2 heterocycles. The highest BCUT2D eigenvalue weighted by Gasteiger charge is 2.33. The van der Waals surface area contributed by atoms with E-state index >= 15 is 0 Å². The summed E-state index contributed by atoms with van der Waals surface area (Å²) in [6.07, 6.45) is 1.25. The fourth-order valence-corrected chi connectivity index (χ4v) is 2.51. The summed E-state index contributed by atoms with van der Waals surface area (Å²) in [4.78, 5) is 0. The lowest BCUT2D eigenvalue weighted by Gasteiger charge is -2.26. The molecule has 0 bridgehead atoms. The van der Waals surface area contributed by atoms with Crippen LogP contribution in [0.1, 0.15) is 17.9 Å². The molecule has 0 saturated carbocycles. The minimum absolute atomic E-state index is 0.679. The number of hydrogen-bond acceptors (Lipinski definition) is 2. The Balaban J connectivity index is 2.01. The quantitative estimate of drug-likeness (QED) is 0.623. The number of benzene rings is 1. The predicted molar refractivity (Wildman–Crippen MR) is 54.1 cm³/mol. The van der Waals surface area contributed by atoms with Gasteiger partial charge in [0.05, 0.1) is 0 Å². The zero-order valence-corrected chi connectivity index (χ0v) is 7.59. The van der Waals surface area contributed by atoms with Gasteiger partial charge in [0.2, 0.25) is 0 Å². The Morgan fingerprint density at radius 2 is 2.15 bits per heavy atom. The van der Waals surface area contributed by atoms with Crippen molar-refractivity contribution in [3.8, 4) is 0 Å². The molecule has 2 aliphatic rings. The van der Waals surface area contributed by atoms with Gasteiger partial charge in [-0.05, 0) is 24.6 Å². The number of rotatable bonds is 0. The van der Waals surface area contributed by atoms with Gasteiger partial charge in [-0.3, -0.25) is 0 Å². The van der Waals surface area contributed by atoms with Crippen molar-refractivity contribution in [2.75, 3.05) is 18.4 Å². The van der Waals surface area contributed by atoms with Gasteiger partial charge in [0.1, 0.15) is 0 Å². The van der Waals surface area contributed by atoms with Gasteiger partial charge >= 0.3 is 0 Å². The Morgan fingerprint density at radius 1 is 1.23 bits per heavy atom. The number of piperidine rings is 1. The van der Waals surface area contributed by atoms with Crippen LogP contribution in [0, 0.1) is 0 Å². The zero-order chi connectivity index (χ0) is 8.67. The fraction of sp³-hybridized carbons (Fsp3) is 0.455. The van der Waals surface area contributed by atoms with Gasteiger partial charge in [-0.1, -0.05) is 18.2 Å². The molecule has 3 rings (SSSR count). The summed E-state index contributed by atoms with van der Waals surface area (Å²) in [5, 5.41) is 7.05. The van der Waals surface area contributed by atoms with Crippen molar-refractivity contribution in [3.63, 3.8) is 0 Å². The lowest BCUT2D eigenvalue weighted by atomic mass is 9.91. The first kappa shape index (κ1) is 7.39. The summed E-state index contributed by atoms with van der Waals surface area (Å²) < 4.78 is 0. The molecule has 2 nitrogen and oxygen atoms in total. The van der Waals surface area contributed by atoms with E-state index in [4.69, 9.17) is 0 Å². The van der Waals surface area contributed by atoms with Crippen LogP contribution in [-0.4, -0.2) is 19.1 Å². The second-order valence-corrected chi connectivity index (χ2v) is 3.94. The zero-order valence-electron chi connectivity index (χ0n) is 7.59. The Hall–Kier alpha value is -1.02. The standard InChI is InChI=1S/C11H14N2/c1-2-4-10-8(3-1)9-7-12-6-5-11(9)13-10/h1-4,9,11-13H,5-7H2. The molecule has 2 heteroatoms. The van der Waals surface area contributed by atoms with E-state index in [0.717, 1.165) is 13.1 Å². The number of fused-ring (bicyclic) bond motifs is 3. The van der Waals surface area contributed by atoms with E-state index in [9.17, 15) is 0 Å². The molecular formula is C11H14N2. The Morgan fingerprint density at radius 3 is 3.15 bits per heavy atom. The molecule has 0 radical (unpaired) electrons. The maximum absolute atomic E-state index is 3.60. The molecule has 1 saturated heterocycles. The van der Waals surface area contributed by atoms with Gasteiger partial charge in [0.25, 0.3) is 0 Å². The molecular weight excluding hydrogens is 160 g/mol. The van der Waals surface area contributed by atoms with Crippen LogP contribution in [0.4, 0.5) is 5.69 Å². The first-order chi connectivity index (χ1) is 6.45. The van der Waals surface area contributed by atoms with Crippen LogP contribution < -0.4 is 10.6 Å². The van der Waals surface area contributed by atoms with Gasteiger partial charge in [-0.15, -0.1) is 0 Å². The molecule has 2 N–H and O–H groups in total. The van der Waals surface area contributed by atoms with Crippen LogP contribution in [0.3, 0.4) is 0 Å². The van der Waals surface area contributed by atoms with Gasteiger partial charge in [0, 0.05) is 24.2 Å². The summed E-state index contributed by atoms with van der Waals surface area (Å²) in [6.45, 7) is 2.29. The maximum atomic E-state index is 3.60. The normalized spacial score (nSPS) is 30.5. The molecule has 1 aromatic rings. The SMILES string of the molecule is c1ccc2c(c1)NC1CCNCC21. The van der Waals surface area contributed by atoms with Crippen LogP contribution in [0.15, 0.2) is 24.3 Å². The summed E-state index contributed by atoms with van der Waals surface area (Å²) >= 11 is 0. The van der Waals surface area contributed by atoms with E-state index in [1.54, 1.807) is 0 Å². The van der Waals surface area contributed by atoms with Crippen LogP contribution in [0.2, 0.25) is 0 Å². The van der Waals surface area contributed by atoms with E-state index in [-0.39, 0.29) is 0 Å². The number of hydrogen-bond donors (Lipinski definition) is 2. The van der Waals surface area contributed by atoms with E-state index < -0.39 is 0 Å². The van der Waals surface area contributed by atoms with E-state index in [2.05, 4.69) is 34.9 Å². The Bertz CT molecular complexity index is 322. The summed E-state index contributed by atoms with van der Waals surface area (Å²) in [7, 11) is 0. The van der Waals surface area contributed by atoms with Crippen molar-refractivity contribution < 1.29 is 0 Å². The predicted octanol–water partition coefficient (Wildman–Crippen LogP) is 1.56. The second-order valence-electron chi connectivity index (χ2n) is 3.94. The third kappa shape index (κ3) is 1.05. The number of anilines is 1. The first-order valence-corrected chi connectivity index (χ1v) is 5.01. The lowest BCUT2D eigenvalue weighted by Crippen LogP contribution is -2.38. The Kier molecular flexibility index (Phi) is 1.56. The number of nitrogens with one attached hydrogen (secondary N) is 2.